The zero-order chi connectivity index (χ0) is 22.5. The first kappa shape index (κ1) is 21.5. The number of nitrogens with one attached hydrogen (secondary N) is 1. The summed E-state index contributed by atoms with van der Waals surface area (Å²) in [5.41, 5.74) is 2.40. The summed E-state index contributed by atoms with van der Waals surface area (Å²) >= 11 is 0. The average Bonchev–Trinajstić information content (AvgIpc) is 3.22. The van der Waals surface area contributed by atoms with Crippen molar-refractivity contribution < 1.29 is 18.3 Å². The maximum atomic E-state index is 13.6. The van der Waals surface area contributed by atoms with E-state index in [0.717, 1.165) is 10.1 Å². The molecule has 1 N–H and O–H groups in total. The highest BCUT2D eigenvalue weighted by Crippen LogP contribution is 2.27. The lowest BCUT2D eigenvalue weighted by atomic mass is 10.1. The number of hydrogen-bond donors (Lipinski definition) is 1. The van der Waals surface area contributed by atoms with E-state index in [4.69, 9.17) is 4.74 Å². The first-order chi connectivity index (χ1) is 15.5. The molecule has 5 nitrogen and oxygen atoms in total. The van der Waals surface area contributed by atoms with Crippen molar-refractivity contribution in [2.45, 2.75) is 26.0 Å². The van der Waals surface area contributed by atoms with Crippen molar-refractivity contribution in [1.82, 2.24) is 14.9 Å². The predicted molar refractivity (Wildman–Crippen MR) is 119 cm³/mol. The van der Waals surface area contributed by atoms with Crippen molar-refractivity contribution in [2.75, 3.05) is 6.54 Å². The Bertz CT molecular complexity index is 1190. The van der Waals surface area contributed by atoms with Crippen molar-refractivity contribution in [3.8, 4) is 5.75 Å². The molecular weight excluding hydrogens is 412 g/mol. The van der Waals surface area contributed by atoms with Crippen molar-refractivity contribution in [3.63, 3.8) is 0 Å². The summed E-state index contributed by atoms with van der Waals surface area (Å²) in [6.45, 7) is -0.323. The van der Waals surface area contributed by atoms with Gasteiger partial charge in [-0.2, -0.15) is 8.78 Å². The molecule has 3 aromatic carbocycles. The number of para-hydroxylation sites is 2. The van der Waals surface area contributed by atoms with E-state index in [1.807, 2.05) is 30.3 Å². The number of alkyl halides is 2. The van der Waals surface area contributed by atoms with Crippen LogP contribution >= 0.6 is 0 Å². The van der Waals surface area contributed by atoms with Crippen LogP contribution < -0.4 is 10.1 Å². The van der Waals surface area contributed by atoms with Crippen LogP contribution in [-0.4, -0.2) is 22.0 Å². The SMILES string of the molecule is C[C@@H](CNC(=O)c1ccc(OCc2ccccc2)cc1)c1nc2ccccc2n1C(F)F. The maximum absolute atomic E-state index is 13.6. The third kappa shape index (κ3) is 4.77. The van der Waals surface area contributed by atoms with Gasteiger partial charge in [0.15, 0.2) is 0 Å². The number of fused-ring (bicyclic) bond motifs is 1. The van der Waals surface area contributed by atoms with Gasteiger partial charge in [-0.3, -0.25) is 9.36 Å². The van der Waals surface area contributed by atoms with E-state index in [0.29, 0.717) is 29.0 Å². The van der Waals surface area contributed by atoms with Gasteiger partial charge in [-0.25, -0.2) is 4.98 Å². The van der Waals surface area contributed by atoms with Gasteiger partial charge < -0.3 is 10.1 Å². The van der Waals surface area contributed by atoms with Crippen LogP contribution in [0.2, 0.25) is 0 Å². The molecule has 0 fully saturated rings. The molecule has 0 aliphatic rings. The topological polar surface area (TPSA) is 56.1 Å². The van der Waals surface area contributed by atoms with Gasteiger partial charge in [0.25, 0.3) is 5.91 Å². The number of hydrogen-bond acceptors (Lipinski definition) is 3. The highest BCUT2D eigenvalue weighted by atomic mass is 19.3. The number of benzene rings is 3. The molecule has 4 aromatic rings. The molecule has 1 aromatic heterocycles. The molecule has 1 atom stereocenters. The molecule has 0 unspecified atom stereocenters. The zero-order valence-electron chi connectivity index (χ0n) is 17.5. The molecule has 0 bridgehead atoms. The number of ether oxygens (including phenoxy) is 1. The second-order valence-corrected chi connectivity index (χ2v) is 7.52. The molecule has 0 aliphatic heterocycles. The fourth-order valence-corrected chi connectivity index (χ4v) is 3.50. The Hall–Kier alpha value is -3.74. The number of carbonyl (C=O) groups is 1. The van der Waals surface area contributed by atoms with Crippen molar-refractivity contribution in [1.29, 1.82) is 0 Å². The van der Waals surface area contributed by atoms with E-state index in [2.05, 4.69) is 10.3 Å². The lowest BCUT2D eigenvalue weighted by Gasteiger charge is -2.15. The van der Waals surface area contributed by atoms with E-state index in [9.17, 15) is 13.6 Å². The van der Waals surface area contributed by atoms with Gasteiger partial charge in [0, 0.05) is 18.0 Å². The van der Waals surface area contributed by atoms with Gasteiger partial charge in [0.2, 0.25) is 0 Å². The van der Waals surface area contributed by atoms with E-state index >= 15 is 0 Å². The number of rotatable bonds is 8. The van der Waals surface area contributed by atoms with E-state index in [-0.39, 0.29) is 18.3 Å². The first-order valence-electron chi connectivity index (χ1n) is 10.3. The van der Waals surface area contributed by atoms with Crippen LogP contribution in [0.5, 0.6) is 5.75 Å². The minimum atomic E-state index is -2.71. The highest BCUT2D eigenvalue weighted by molar-refractivity contribution is 5.94. The number of aromatic nitrogens is 2. The Balaban J connectivity index is 1.37. The summed E-state index contributed by atoms with van der Waals surface area (Å²) in [4.78, 5) is 16.9. The summed E-state index contributed by atoms with van der Waals surface area (Å²) < 4.78 is 34.0. The molecule has 32 heavy (non-hydrogen) atoms. The fourth-order valence-electron chi connectivity index (χ4n) is 3.50. The van der Waals surface area contributed by atoms with Crippen LogP contribution in [0.1, 0.15) is 41.1 Å². The number of halogens is 2. The second kappa shape index (κ2) is 9.60. The molecular formula is C25H23F2N3O2. The zero-order valence-corrected chi connectivity index (χ0v) is 17.5. The summed E-state index contributed by atoms with van der Waals surface area (Å²) in [6.07, 6.45) is 0. The van der Waals surface area contributed by atoms with Crippen LogP contribution in [0.15, 0.2) is 78.9 Å². The summed E-state index contributed by atoms with van der Waals surface area (Å²) in [5.74, 6) is 0.218. The minimum absolute atomic E-state index is 0.182. The Morgan fingerprint density at radius 2 is 1.69 bits per heavy atom. The van der Waals surface area contributed by atoms with Crippen LogP contribution in [-0.2, 0) is 6.61 Å². The minimum Gasteiger partial charge on any atom is -0.489 e. The fraction of sp³-hybridized carbons (Fsp3) is 0.200. The van der Waals surface area contributed by atoms with Crippen molar-refractivity contribution in [3.05, 3.63) is 95.8 Å². The van der Waals surface area contributed by atoms with Crippen LogP contribution in [0.3, 0.4) is 0 Å². The highest BCUT2D eigenvalue weighted by Gasteiger charge is 2.22. The molecule has 4 rings (SSSR count). The van der Waals surface area contributed by atoms with E-state index in [1.54, 1.807) is 55.5 Å². The van der Waals surface area contributed by atoms with Crippen LogP contribution in [0.4, 0.5) is 8.78 Å². The molecule has 0 saturated carbocycles. The molecule has 0 radical (unpaired) electrons. The number of imidazole rings is 1. The number of amides is 1. The second-order valence-electron chi connectivity index (χ2n) is 7.52. The standard InChI is InChI=1S/C25H23F2N3O2/c1-17(23-29-21-9-5-6-10-22(21)30(23)25(26)27)15-28-24(31)19-11-13-20(14-12-19)32-16-18-7-3-2-4-8-18/h2-14,17,25H,15-16H2,1H3,(H,28,31)/t17-/m0/s1. The molecule has 0 saturated heterocycles. The molecule has 1 heterocycles. The monoisotopic (exact) mass is 435 g/mol. The van der Waals surface area contributed by atoms with Gasteiger partial charge in [-0.1, -0.05) is 49.4 Å². The summed E-state index contributed by atoms with van der Waals surface area (Å²) in [5, 5.41) is 2.81. The lowest BCUT2D eigenvalue weighted by Crippen LogP contribution is -2.28. The molecule has 1 amide bonds. The third-order valence-electron chi connectivity index (χ3n) is 5.19. The van der Waals surface area contributed by atoms with Gasteiger partial charge in [0.05, 0.1) is 11.0 Å². The first-order valence-corrected chi connectivity index (χ1v) is 10.3. The Kier molecular flexibility index (Phi) is 6.44. The lowest BCUT2D eigenvalue weighted by molar-refractivity contribution is 0.0704. The van der Waals surface area contributed by atoms with E-state index < -0.39 is 12.5 Å². The quantitative estimate of drug-likeness (QED) is 0.395. The Morgan fingerprint density at radius 1 is 1.00 bits per heavy atom. The average molecular weight is 435 g/mol. The maximum Gasteiger partial charge on any atom is 0.320 e. The predicted octanol–water partition coefficient (Wildman–Crippen LogP) is 5.54. The third-order valence-corrected chi connectivity index (χ3v) is 5.19. The molecule has 0 spiro atoms. The number of carbonyl (C=O) groups excluding carboxylic acids is 1. The Morgan fingerprint density at radius 3 is 2.41 bits per heavy atom. The summed E-state index contributed by atoms with van der Waals surface area (Å²) in [7, 11) is 0. The van der Waals surface area contributed by atoms with Gasteiger partial charge in [0.1, 0.15) is 18.2 Å². The molecule has 0 aliphatic carbocycles. The number of nitrogens with zero attached hydrogens (tertiary/aromatic N) is 2. The van der Waals surface area contributed by atoms with Gasteiger partial charge >= 0.3 is 6.55 Å². The summed E-state index contributed by atoms with van der Waals surface area (Å²) in [6, 6.07) is 23.4. The van der Waals surface area contributed by atoms with Crippen LogP contribution in [0, 0.1) is 0 Å². The largest absolute Gasteiger partial charge is 0.489 e. The smallest absolute Gasteiger partial charge is 0.320 e. The van der Waals surface area contributed by atoms with Gasteiger partial charge in [-0.05, 0) is 42.0 Å². The Labute approximate surface area is 184 Å². The molecule has 7 heteroatoms. The normalized spacial score (nSPS) is 12.1. The van der Waals surface area contributed by atoms with Crippen molar-refractivity contribution >= 4 is 16.9 Å². The van der Waals surface area contributed by atoms with Crippen LogP contribution in [0.25, 0.3) is 11.0 Å². The van der Waals surface area contributed by atoms with Gasteiger partial charge in [-0.15, -0.1) is 0 Å². The van der Waals surface area contributed by atoms with E-state index in [1.165, 1.54) is 0 Å². The van der Waals surface area contributed by atoms with Crippen molar-refractivity contribution in [2.24, 2.45) is 0 Å². The molecule has 164 valence electrons.